The Kier molecular flexibility index (Phi) is 34.0. The summed E-state index contributed by atoms with van der Waals surface area (Å²) < 4.78 is 16.3. The topological polar surface area (TPSA) is 129 Å². The minimum atomic E-state index is -0.657. The smallest absolute Gasteiger partial charge is 0.469 e. The molecular formula is C17H36N2O9. The van der Waals surface area contributed by atoms with Gasteiger partial charge in [-0.1, -0.05) is 0 Å². The summed E-state index contributed by atoms with van der Waals surface area (Å²) in [6, 6.07) is 0. The van der Waals surface area contributed by atoms with Crippen LogP contribution < -0.4 is 0 Å². The molecule has 11 nitrogen and oxygen atoms in total. The van der Waals surface area contributed by atoms with Crippen molar-refractivity contribution in [2.24, 2.45) is 0 Å². The van der Waals surface area contributed by atoms with Crippen LogP contribution in [0.15, 0.2) is 0 Å². The van der Waals surface area contributed by atoms with Gasteiger partial charge in [-0.25, -0.2) is 4.79 Å². The van der Waals surface area contributed by atoms with E-state index in [1.54, 1.807) is 28.2 Å². The number of nitrogens with zero attached hydrogens (tertiary/aromatic N) is 2. The number of carbonyl (C=O) groups excluding carboxylic acids is 5. The number of carbonyl (C=O) groups is 5. The molecule has 0 spiro atoms. The normalized spacial score (nSPS) is 7.29. The zero-order valence-electron chi connectivity index (χ0n) is 19.1. The van der Waals surface area contributed by atoms with Crippen LogP contribution in [0, 0.1) is 0 Å². The van der Waals surface area contributed by atoms with Crippen molar-refractivity contribution in [1.29, 1.82) is 0 Å². The molecule has 0 unspecified atom stereocenters. The number of methoxy groups -OCH3 is 4. The molecule has 0 aromatic heterocycles. The molecule has 0 fully saturated rings. The van der Waals surface area contributed by atoms with E-state index in [9.17, 15) is 24.0 Å². The summed E-state index contributed by atoms with van der Waals surface area (Å²) in [6.07, 6.45) is -0.657. The van der Waals surface area contributed by atoms with Crippen molar-refractivity contribution < 1.29 is 42.9 Å². The molecule has 0 N–H and O–H groups in total. The quantitative estimate of drug-likeness (QED) is 0.422. The fraction of sp³-hybridized carbons (Fsp3) is 0.706. The van der Waals surface area contributed by atoms with Crippen molar-refractivity contribution in [3.8, 4) is 0 Å². The summed E-state index contributed by atoms with van der Waals surface area (Å²) in [5.74, 6) is -0.306. The van der Waals surface area contributed by atoms with Crippen LogP contribution in [-0.2, 0) is 38.1 Å². The van der Waals surface area contributed by atoms with Gasteiger partial charge in [0.1, 0.15) is 0 Å². The molecule has 0 radical (unpaired) electrons. The third kappa shape index (κ3) is 65.7. The van der Waals surface area contributed by atoms with E-state index < -0.39 is 6.16 Å². The van der Waals surface area contributed by atoms with Crippen LogP contribution in [-0.4, -0.2) is 96.3 Å². The molecule has 0 saturated carbocycles. The molecule has 168 valence electrons. The first-order valence-electron chi connectivity index (χ1n) is 7.71. The van der Waals surface area contributed by atoms with Crippen LogP contribution in [0.4, 0.5) is 4.79 Å². The van der Waals surface area contributed by atoms with Crippen LogP contribution in [0.25, 0.3) is 0 Å². The minimum absolute atomic E-state index is 0.0926. The number of hydrogen-bond donors (Lipinski definition) is 0. The maximum absolute atomic E-state index is 10.1. The highest BCUT2D eigenvalue weighted by atomic mass is 16.7. The average molecular weight is 412 g/mol. The molecule has 0 aliphatic heterocycles. The van der Waals surface area contributed by atoms with E-state index in [0.717, 1.165) is 0 Å². The summed E-state index contributed by atoms with van der Waals surface area (Å²) in [7, 11) is 12.1. The van der Waals surface area contributed by atoms with Crippen LogP contribution in [0.3, 0.4) is 0 Å². The number of esters is 2. The van der Waals surface area contributed by atoms with Crippen molar-refractivity contribution >= 4 is 29.9 Å². The molecule has 0 bridgehead atoms. The highest BCUT2D eigenvalue weighted by Crippen LogP contribution is 1.72. The van der Waals surface area contributed by atoms with Gasteiger partial charge in [0.25, 0.3) is 0 Å². The van der Waals surface area contributed by atoms with E-state index >= 15 is 0 Å². The molecule has 0 aromatic rings. The largest absolute Gasteiger partial charge is 0.507 e. The molecule has 0 aliphatic rings. The lowest BCUT2D eigenvalue weighted by Crippen LogP contribution is -2.17. The minimum Gasteiger partial charge on any atom is -0.469 e. The Morgan fingerprint density at radius 1 is 0.500 bits per heavy atom. The summed E-state index contributed by atoms with van der Waals surface area (Å²) in [4.78, 5) is 52.1. The third-order valence-corrected chi connectivity index (χ3v) is 2.17. The second kappa shape index (κ2) is 26.4. The molecule has 0 atom stereocenters. The Balaban J connectivity index is -0.0000000789. The molecule has 0 saturated heterocycles. The first-order valence-corrected chi connectivity index (χ1v) is 7.71. The zero-order valence-corrected chi connectivity index (χ0v) is 19.1. The monoisotopic (exact) mass is 412 g/mol. The van der Waals surface area contributed by atoms with Crippen molar-refractivity contribution in [3.05, 3.63) is 0 Å². The van der Waals surface area contributed by atoms with Crippen LogP contribution in [0.2, 0.25) is 0 Å². The summed E-state index contributed by atoms with van der Waals surface area (Å²) >= 11 is 0. The number of ether oxygens (including phenoxy) is 4. The van der Waals surface area contributed by atoms with Gasteiger partial charge in [0.05, 0.1) is 28.4 Å². The SMILES string of the molecule is CC(=O)N(C)C.CC(=O)N(C)C.COC(=O)OC.COC(C)=O.COC(C)=O. The van der Waals surface area contributed by atoms with Crippen molar-refractivity contribution in [2.45, 2.75) is 27.7 Å². The summed E-state index contributed by atoms with van der Waals surface area (Å²) in [5, 5.41) is 0. The molecule has 2 amide bonds. The molecule has 0 aromatic carbocycles. The number of hydrogen-bond acceptors (Lipinski definition) is 9. The van der Waals surface area contributed by atoms with Crippen molar-refractivity contribution in [3.63, 3.8) is 0 Å². The summed E-state index contributed by atoms with van der Waals surface area (Å²) in [6.45, 7) is 5.78. The second-order valence-electron chi connectivity index (χ2n) is 4.88. The molecular weight excluding hydrogens is 376 g/mol. The fourth-order valence-electron chi connectivity index (χ4n) is 0.0833. The van der Waals surface area contributed by atoms with Gasteiger partial charge >= 0.3 is 18.1 Å². The maximum atomic E-state index is 10.1. The highest BCUT2D eigenvalue weighted by molar-refractivity contribution is 5.72. The second-order valence-corrected chi connectivity index (χ2v) is 4.88. The van der Waals surface area contributed by atoms with Crippen LogP contribution in [0.5, 0.6) is 0 Å². The number of amides is 2. The lowest BCUT2D eigenvalue weighted by molar-refractivity contribution is -0.138. The Bertz CT molecular complexity index is 396. The van der Waals surface area contributed by atoms with Crippen molar-refractivity contribution in [2.75, 3.05) is 56.6 Å². The lowest BCUT2D eigenvalue weighted by Gasteiger charge is -2.02. The molecule has 0 aliphatic carbocycles. The van der Waals surface area contributed by atoms with Gasteiger partial charge in [-0.3, -0.25) is 19.2 Å². The fourth-order valence-corrected chi connectivity index (χ4v) is 0.0833. The third-order valence-electron chi connectivity index (χ3n) is 2.17. The first-order chi connectivity index (χ1) is 12.6. The van der Waals surface area contributed by atoms with Gasteiger partial charge in [0.15, 0.2) is 0 Å². The van der Waals surface area contributed by atoms with E-state index in [4.69, 9.17) is 0 Å². The molecule has 11 heteroatoms. The Morgan fingerprint density at radius 3 is 0.643 bits per heavy atom. The van der Waals surface area contributed by atoms with Gasteiger partial charge in [-0.05, 0) is 0 Å². The van der Waals surface area contributed by atoms with E-state index in [2.05, 4.69) is 18.9 Å². The van der Waals surface area contributed by atoms with Crippen LogP contribution in [0.1, 0.15) is 27.7 Å². The van der Waals surface area contributed by atoms with Crippen molar-refractivity contribution in [1.82, 2.24) is 9.80 Å². The zero-order chi connectivity index (χ0) is 23.9. The Hall–Kier alpha value is -2.85. The predicted molar refractivity (Wildman–Crippen MR) is 104 cm³/mol. The molecule has 0 rings (SSSR count). The predicted octanol–water partition coefficient (Wildman–Crippen LogP) is 0.947. The molecule has 28 heavy (non-hydrogen) atoms. The van der Waals surface area contributed by atoms with Gasteiger partial charge in [0, 0.05) is 55.9 Å². The van der Waals surface area contributed by atoms with E-state index in [1.807, 2.05) is 0 Å². The maximum Gasteiger partial charge on any atom is 0.507 e. The lowest BCUT2D eigenvalue weighted by atomic mass is 10.7. The van der Waals surface area contributed by atoms with Gasteiger partial charge < -0.3 is 28.7 Å². The van der Waals surface area contributed by atoms with E-state index in [-0.39, 0.29) is 23.8 Å². The average Bonchev–Trinajstić information content (AvgIpc) is 2.62. The first kappa shape index (κ1) is 36.1. The van der Waals surface area contributed by atoms with E-state index in [0.29, 0.717) is 0 Å². The van der Waals surface area contributed by atoms with Gasteiger partial charge in [0.2, 0.25) is 11.8 Å². The molecule has 0 heterocycles. The highest BCUT2D eigenvalue weighted by Gasteiger charge is 1.89. The van der Waals surface area contributed by atoms with Gasteiger partial charge in [-0.2, -0.15) is 0 Å². The summed E-state index contributed by atoms with van der Waals surface area (Å²) in [5.41, 5.74) is 0. The standard InChI is InChI=1S/2C4H9NO.C3H6O3.2C3H6O2/c2*1-4(6)5(2)3;1-5-3(4)6-2;2*1-3(4)5-2/h2*1-3H3;1-2H3;2*1-2H3. The van der Waals surface area contributed by atoms with Crippen LogP contribution >= 0.6 is 0 Å². The number of rotatable bonds is 0. The Morgan fingerprint density at radius 2 is 0.643 bits per heavy atom. The Labute approximate surface area is 167 Å². The van der Waals surface area contributed by atoms with E-state index in [1.165, 1.54) is 65.9 Å². The van der Waals surface area contributed by atoms with Gasteiger partial charge in [-0.15, -0.1) is 0 Å².